The van der Waals surface area contributed by atoms with E-state index in [9.17, 15) is 0 Å². The second-order valence-corrected chi connectivity index (χ2v) is 24.5. The molecule has 1 aliphatic carbocycles. The molecule has 2 aromatic heterocycles. The molecule has 0 bridgehead atoms. The summed E-state index contributed by atoms with van der Waals surface area (Å²) >= 11 is 0. The standard InChI is InChI=1S/C89H56N2O2/c1-7-27-57(28-8-1)75-54-59-31-19-21-41-67(59)82-73-45-25-47-78(85(73)92-87(75)82)90(64-37-15-5-16-38-64)66-50-52-69-61(53-66)49-51-72-81-71-44-24-23-43-70(71)80(56-77(81)89(84(69)72,62-33-11-3-12-34-62)63-35-13-4-14-36-63)91(65-39-17-6-18-40-65)79-48-26-46-74-83-68-42-22-20-32-60(68)55-76(88(83)93-86(74)79)58-29-9-2-10-30-58/h1-56H. The van der Waals surface area contributed by atoms with Crippen LogP contribution in [0.25, 0.3) is 120 Å². The average molecular weight is 1190 g/mol. The van der Waals surface area contributed by atoms with Gasteiger partial charge in [-0.15, -0.1) is 0 Å². The van der Waals surface area contributed by atoms with Crippen LogP contribution >= 0.6 is 0 Å². The maximum Gasteiger partial charge on any atom is 0.159 e. The molecule has 19 rings (SSSR count). The predicted molar refractivity (Wildman–Crippen MR) is 389 cm³/mol. The molecule has 0 aliphatic heterocycles. The number of hydrogen-bond acceptors (Lipinski definition) is 4. The van der Waals surface area contributed by atoms with E-state index in [1.807, 2.05) is 0 Å². The van der Waals surface area contributed by atoms with E-state index in [-0.39, 0.29) is 0 Å². The summed E-state index contributed by atoms with van der Waals surface area (Å²) in [6.07, 6.45) is 0. The van der Waals surface area contributed by atoms with E-state index in [1.165, 1.54) is 54.9 Å². The molecule has 0 fully saturated rings. The van der Waals surface area contributed by atoms with Crippen molar-refractivity contribution in [2.24, 2.45) is 0 Å². The van der Waals surface area contributed by atoms with E-state index in [4.69, 9.17) is 8.83 Å². The summed E-state index contributed by atoms with van der Waals surface area (Å²) in [6.45, 7) is 0. The summed E-state index contributed by atoms with van der Waals surface area (Å²) in [6, 6.07) is 124. The molecule has 434 valence electrons. The van der Waals surface area contributed by atoms with Crippen LogP contribution in [0.3, 0.4) is 0 Å². The van der Waals surface area contributed by atoms with Crippen LogP contribution in [0.2, 0.25) is 0 Å². The Labute approximate surface area is 537 Å². The van der Waals surface area contributed by atoms with Crippen molar-refractivity contribution in [2.45, 2.75) is 5.41 Å². The molecule has 93 heavy (non-hydrogen) atoms. The number of fused-ring (bicyclic) bond motifs is 17. The van der Waals surface area contributed by atoms with Gasteiger partial charge in [-0.1, -0.05) is 273 Å². The van der Waals surface area contributed by atoms with Crippen molar-refractivity contribution < 1.29 is 8.83 Å². The minimum atomic E-state index is -0.803. The molecule has 0 amide bonds. The highest BCUT2D eigenvalue weighted by Crippen LogP contribution is 2.62. The lowest BCUT2D eigenvalue weighted by molar-refractivity contribution is 0.670. The van der Waals surface area contributed by atoms with Gasteiger partial charge in [0, 0.05) is 55.1 Å². The molecule has 0 radical (unpaired) electrons. The van der Waals surface area contributed by atoms with Crippen LogP contribution in [0.1, 0.15) is 22.3 Å². The summed E-state index contributed by atoms with van der Waals surface area (Å²) in [5.41, 5.74) is 20.2. The van der Waals surface area contributed by atoms with E-state index in [2.05, 4.69) is 350 Å². The van der Waals surface area contributed by atoms with Crippen LogP contribution in [0, 0.1) is 0 Å². The van der Waals surface area contributed by atoms with Gasteiger partial charge >= 0.3 is 0 Å². The van der Waals surface area contributed by atoms with Crippen LogP contribution < -0.4 is 9.80 Å². The first-order valence-corrected chi connectivity index (χ1v) is 32.0. The molecule has 18 aromatic rings. The number of rotatable bonds is 10. The zero-order chi connectivity index (χ0) is 61.1. The molecule has 0 saturated carbocycles. The molecular formula is C89H56N2O2. The third-order valence-corrected chi connectivity index (χ3v) is 19.6. The fourth-order valence-electron chi connectivity index (χ4n) is 15.7. The molecular weight excluding hydrogens is 1130 g/mol. The highest BCUT2D eigenvalue weighted by Gasteiger charge is 2.49. The third-order valence-electron chi connectivity index (χ3n) is 19.6. The van der Waals surface area contributed by atoms with Gasteiger partial charge < -0.3 is 18.6 Å². The van der Waals surface area contributed by atoms with Crippen LogP contribution in [-0.2, 0) is 5.41 Å². The fraction of sp³-hybridized carbons (Fsp3) is 0.0112. The van der Waals surface area contributed by atoms with Crippen LogP contribution in [0.4, 0.5) is 34.1 Å². The van der Waals surface area contributed by atoms with Gasteiger partial charge in [0.15, 0.2) is 11.2 Å². The van der Waals surface area contributed by atoms with Gasteiger partial charge in [-0.25, -0.2) is 0 Å². The van der Waals surface area contributed by atoms with Gasteiger partial charge in [0.2, 0.25) is 0 Å². The SMILES string of the molecule is c1ccc(-c2cc3ccccc3c3c2oc2c(N(c4ccccc4)c4ccc5c6c(ccc5c4)-c4c(cc(N(c5ccccc5)c5cccc7c5oc5c(-c8ccccc8)cc8ccccc8c57)c5ccccc45)C6(c4ccccc4)c4ccccc4)cccc23)cc1. The van der Waals surface area contributed by atoms with Crippen LogP contribution in [0.15, 0.2) is 349 Å². The molecule has 0 N–H and O–H groups in total. The number of hydrogen-bond donors (Lipinski definition) is 0. The van der Waals surface area contributed by atoms with Crippen LogP contribution in [0.5, 0.6) is 0 Å². The molecule has 2 heterocycles. The second kappa shape index (κ2) is 20.9. The lowest BCUT2D eigenvalue weighted by Gasteiger charge is -2.36. The number of para-hydroxylation sites is 4. The minimum Gasteiger partial charge on any atom is -0.453 e. The van der Waals surface area contributed by atoms with Crippen molar-refractivity contribution in [3.63, 3.8) is 0 Å². The second-order valence-electron chi connectivity index (χ2n) is 24.5. The number of nitrogens with zero attached hydrogens (tertiary/aromatic N) is 2. The third kappa shape index (κ3) is 7.92. The summed E-state index contributed by atoms with van der Waals surface area (Å²) in [4.78, 5) is 4.83. The molecule has 4 heteroatoms. The molecule has 16 aromatic carbocycles. The highest BCUT2D eigenvalue weighted by atomic mass is 16.3. The van der Waals surface area contributed by atoms with Crippen molar-refractivity contribution in [1.29, 1.82) is 0 Å². The Bertz CT molecular complexity index is 5940. The first-order chi connectivity index (χ1) is 46.2. The molecule has 0 saturated heterocycles. The zero-order valence-corrected chi connectivity index (χ0v) is 50.5. The van der Waals surface area contributed by atoms with Crippen molar-refractivity contribution in [1.82, 2.24) is 0 Å². The molecule has 0 unspecified atom stereocenters. The molecule has 0 atom stereocenters. The first-order valence-electron chi connectivity index (χ1n) is 32.0. The first kappa shape index (κ1) is 52.7. The highest BCUT2D eigenvalue weighted by molar-refractivity contribution is 6.26. The maximum atomic E-state index is 7.49. The van der Waals surface area contributed by atoms with E-state index < -0.39 is 5.41 Å². The van der Waals surface area contributed by atoms with E-state index in [0.29, 0.717) is 0 Å². The number of furan rings is 2. The van der Waals surface area contributed by atoms with E-state index in [0.717, 1.165) is 122 Å². The quantitative estimate of drug-likeness (QED) is 0.137. The van der Waals surface area contributed by atoms with Gasteiger partial charge in [-0.05, 0) is 149 Å². The fourth-order valence-corrected chi connectivity index (χ4v) is 15.7. The Morgan fingerprint density at radius 2 is 0.677 bits per heavy atom. The van der Waals surface area contributed by atoms with Crippen molar-refractivity contribution in [3.8, 4) is 33.4 Å². The molecule has 4 nitrogen and oxygen atoms in total. The molecule has 1 aliphatic rings. The summed E-state index contributed by atoms with van der Waals surface area (Å²) in [5, 5.41) is 13.6. The Morgan fingerprint density at radius 3 is 1.22 bits per heavy atom. The van der Waals surface area contributed by atoms with Crippen LogP contribution in [-0.4, -0.2) is 0 Å². The Hall–Kier alpha value is -12.2. The number of anilines is 6. The average Bonchev–Trinajstić information content (AvgIpc) is 1.53. The van der Waals surface area contributed by atoms with E-state index in [1.54, 1.807) is 0 Å². The van der Waals surface area contributed by atoms with Gasteiger partial charge in [-0.3, -0.25) is 0 Å². The Kier molecular flexibility index (Phi) is 11.9. The topological polar surface area (TPSA) is 32.8 Å². The van der Waals surface area contributed by atoms with Gasteiger partial charge in [0.1, 0.15) is 11.2 Å². The van der Waals surface area contributed by atoms with Crippen molar-refractivity contribution in [3.05, 3.63) is 362 Å². The molecule has 0 spiro atoms. The van der Waals surface area contributed by atoms with Crippen molar-refractivity contribution in [2.75, 3.05) is 9.80 Å². The van der Waals surface area contributed by atoms with Gasteiger partial charge in [0.05, 0.1) is 22.5 Å². The van der Waals surface area contributed by atoms with Gasteiger partial charge in [-0.2, -0.15) is 0 Å². The number of benzene rings is 16. The van der Waals surface area contributed by atoms with E-state index >= 15 is 0 Å². The summed E-state index contributed by atoms with van der Waals surface area (Å²) in [7, 11) is 0. The smallest absolute Gasteiger partial charge is 0.159 e. The monoisotopic (exact) mass is 1180 g/mol. The Morgan fingerprint density at radius 1 is 0.247 bits per heavy atom. The normalized spacial score (nSPS) is 12.6. The lowest BCUT2D eigenvalue weighted by Crippen LogP contribution is -2.29. The summed E-state index contributed by atoms with van der Waals surface area (Å²) < 4.78 is 14.8. The lowest BCUT2D eigenvalue weighted by atomic mass is 9.66. The zero-order valence-electron chi connectivity index (χ0n) is 50.5. The predicted octanol–water partition coefficient (Wildman–Crippen LogP) is 24.7. The Balaban J connectivity index is 0.864. The minimum absolute atomic E-state index is 0.803. The van der Waals surface area contributed by atoms with Crippen molar-refractivity contribution >= 4 is 121 Å². The maximum absolute atomic E-state index is 7.49. The summed E-state index contributed by atoms with van der Waals surface area (Å²) in [5.74, 6) is 0. The van der Waals surface area contributed by atoms with Gasteiger partial charge in [0.25, 0.3) is 0 Å². The largest absolute Gasteiger partial charge is 0.453 e.